The van der Waals surface area contributed by atoms with E-state index in [9.17, 15) is 0 Å². The molecule has 2 aromatic rings. The van der Waals surface area contributed by atoms with E-state index < -0.39 is 0 Å². The van der Waals surface area contributed by atoms with Crippen LogP contribution in [0, 0.1) is 0 Å². The fourth-order valence-corrected chi connectivity index (χ4v) is 2.32. The first kappa shape index (κ1) is 13.3. The average molecular weight is 283 g/mol. The molecule has 0 saturated heterocycles. The summed E-state index contributed by atoms with van der Waals surface area (Å²) in [7, 11) is 0. The largest absolute Gasteiger partial charge is 0.486 e. The molecular formula is C13H15ClN2OS. The molecule has 3 nitrogen and oxygen atoms in total. The summed E-state index contributed by atoms with van der Waals surface area (Å²) in [6.45, 7) is 4.16. The van der Waals surface area contributed by atoms with Gasteiger partial charge in [-0.15, -0.1) is 11.3 Å². The highest BCUT2D eigenvalue weighted by Gasteiger charge is 2.08. The Morgan fingerprint density at radius 1 is 1.44 bits per heavy atom. The molecule has 1 aromatic heterocycles. The van der Waals surface area contributed by atoms with Crippen LogP contribution in [0.1, 0.15) is 17.5 Å². The third-order valence-electron chi connectivity index (χ3n) is 2.46. The molecule has 0 atom stereocenters. The second kappa shape index (κ2) is 6.73. The zero-order valence-corrected chi connectivity index (χ0v) is 11.7. The summed E-state index contributed by atoms with van der Waals surface area (Å²) in [5.41, 5.74) is 0.998. The smallest absolute Gasteiger partial charge is 0.140 e. The van der Waals surface area contributed by atoms with E-state index >= 15 is 0 Å². The number of nitrogens with zero attached hydrogens (tertiary/aromatic N) is 1. The lowest BCUT2D eigenvalue weighted by molar-refractivity contribution is 0.301. The van der Waals surface area contributed by atoms with E-state index in [2.05, 4.69) is 17.2 Å². The highest BCUT2D eigenvalue weighted by Crippen LogP contribution is 2.27. The van der Waals surface area contributed by atoms with Crippen molar-refractivity contribution in [3.8, 4) is 5.75 Å². The summed E-state index contributed by atoms with van der Waals surface area (Å²) in [4.78, 5) is 4.19. The Morgan fingerprint density at radius 2 is 2.33 bits per heavy atom. The molecule has 0 amide bonds. The van der Waals surface area contributed by atoms with Crippen molar-refractivity contribution in [3.63, 3.8) is 0 Å². The molecular weight excluding hydrogens is 268 g/mol. The number of thiazole rings is 1. The maximum atomic E-state index is 6.19. The van der Waals surface area contributed by atoms with Gasteiger partial charge in [-0.1, -0.05) is 24.6 Å². The van der Waals surface area contributed by atoms with Gasteiger partial charge in [0.15, 0.2) is 0 Å². The van der Waals surface area contributed by atoms with Crippen molar-refractivity contribution in [1.82, 2.24) is 10.3 Å². The molecule has 5 heteroatoms. The number of nitrogens with one attached hydrogen (secondary N) is 1. The summed E-state index contributed by atoms with van der Waals surface area (Å²) in [5, 5.41) is 6.89. The normalized spacial score (nSPS) is 10.6. The quantitative estimate of drug-likeness (QED) is 0.881. The Labute approximate surface area is 116 Å². The lowest BCUT2D eigenvalue weighted by Crippen LogP contribution is -2.13. The van der Waals surface area contributed by atoms with Crippen LogP contribution in [0.5, 0.6) is 5.75 Å². The van der Waals surface area contributed by atoms with Crippen LogP contribution < -0.4 is 10.1 Å². The third kappa shape index (κ3) is 3.45. The Morgan fingerprint density at radius 3 is 3.06 bits per heavy atom. The summed E-state index contributed by atoms with van der Waals surface area (Å²) in [5.74, 6) is 0.818. The predicted octanol–water partition coefficient (Wildman–Crippen LogP) is 3.49. The molecule has 0 unspecified atom stereocenters. The number of ether oxygens (including phenoxy) is 1. The van der Waals surface area contributed by atoms with Crippen molar-refractivity contribution in [2.75, 3.05) is 6.54 Å². The van der Waals surface area contributed by atoms with Gasteiger partial charge in [-0.2, -0.15) is 0 Å². The Hall–Kier alpha value is -1.10. The van der Waals surface area contributed by atoms with Crippen LogP contribution >= 0.6 is 22.9 Å². The minimum absolute atomic E-state index is 0.483. The first-order valence-electron chi connectivity index (χ1n) is 5.80. The van der Waals surface area contributed by atoms with Crippen LogP contribution in [0.15, 0.2) is 29.8 Å². The number of hydrogen-bond acceptors (Lipinski definition) is 4. The molecule has 1 aromatic carbocycles. The van der Waals surface area contributed by atoms with Gasteiger partial charge in [-0.25, -0.2) is 4.98 Å². The number of hydrogen-bond donors (Lipinski definition) is 1. The van der Waals surface area contributed by atoms with E-state index in [1.807, 2.05) is 23.6 Å². The van der Waals surface area contributed by atoms with E-state index in [1.165, 1.54) is 0 Å². The van der Waals surface area contributed by atoms with Gasteiger partial charge < -0.3 is 10.1 Å². The van der Waals surface area contributed by atoms with Crippen LogP contribution in [-0.2, 0) is 13.2 Å². The van der Waals surface area contributed by atoms with Crippen LogP contribution in [0.3, 0.4) is 0 Å². The maximum Gasteiger partial charge on any atom is 0.140 e. The van der Waals surface area contributed by atoms with Crippen LogP contribution in [-0.4, -0.2) is 11.5 Å². The number of rotatable bonds is 6. The van der Waals surface area contributed by atoms with Gasteiger partial charge in [-0.3, -0.25) is 0 Å². The fraction of sp³-hybridized carbons (Fsp3) is 0.308. The van der Waals surface area contributed by atoms with Crippen molar-refractivity contribution in [1.29, 1.82) is 0 Å². The predicted molar refractivity (Wildman–Crippen MR) is 75.3 cm³/mol. The summed E-state index contributed by atoms with van der Waals surface area (Å²) < 4.78 is 5.78. The van der Waals surface area contributed by atoms with Crippen molar-refractivity contribution in [3.05, 3.63) is 45.4 Å². The summed E-state index contributed by atoms with van der Waals surface area (Å²) >= 11 is 7.78. The minimum Gasteiger partial charge on any atom is -0.486 e. The van der Waals surface area contributed by atoms with Gasteiger partial charge in [0.1, 0.15) is 17.4 Å². The standard InChI is InChI=1S/C13H15ClN2OS/c1-2-15-8-10-11(14)4-3-5-12(10)17-9-13-16-6-7-18-13/h3-7,15H,2,8-9H2,1H3. The van der Waals surface area contributed by atoms with Gasteiger partial charge in [0.05, 0.1) is 0 Å². The Kier molecular flexibility index (Phi) is 4.99. The Balaban J connectivity index is 2.08. The first-order valence-corrected chi connectivity index (χ1v) is 7.06. The summed E-state index contributed by atoms with van der Waals surface area (Å²) in [6.07, 6.45) is 1.78. The second-order valence-electron chi connectivity index (χ2n) is 3.71. The zero-order valence-electron chi connectivity index (χ0n) is 10.1. The Bertz CT molecular complexity index is 488. The van der Waals surface area contributed by atoms with Crippen LogP contribution in [0.25, 0.3) is 0 Å². The SMILES string of the molecule is CCNCc1c(Cl)cccc1OCc1nccs1. The first-order chi connectivity index (χ1) is 8.81. The third-order valence-corrected chi connectivity index (χ3v) is 3.57. The van der Waals surface area contributed by atoms with E-state index in [1.54, 1.807) is 17.5 Å². The lowest BCUT2D eigenvalue weighted by Gasteiger charge is -2.12. The molecule has 1 heterocycles. The molecule has 0 bridgehead atoms. The number of benzene rings is 1. The highest BCUT2D eigenvalue weighted by molar-refractivity contribution is 7.09. The van der Waals surface area contributed by atoms with E-state index in [0.717, 1.165) is 27.9 Å². The number of aromatic nitrogens is 1. The lowest BCUT2D eigenvalue weighted by atomic mass is 10.2. The van der Waals surface area contributed by atoms with Gasteiger partial charge in [0.25, 0.3) is 0 Å². The molecule has 96 valence electrons. The molecule has 0 fully saturated rings. The summed E-state index contributed by atoms with van der Waals surface area (Å²) in [6, 6.07) is 5.71. The van der Waals surface area contributed by atoms with E-state index in [4.69, 9.17) is 16.3 Å². The molecule has 0 aliphatic rings. The van der Waals surface area contributed by atoms with Gasteiger partial charge in [0.2, 0.25) is 0 Å². The zero-order chi connectivity index (χ0) is 12.8. The molecule has 0 aliphatic heterocycles. The highest BCUT2D eigenvalue weighted by atomic mass is 35.5. The molecule has 0 saturated carbocycles. The van der Waals surface area contributed by atoms with Crippen LogP contribution in [0.4, 0.5) is 0 Å². The van der Waals surface area contributed by atoms with Crippen LogP contribution in [0.2, 0.25) is 5.02 Å². The van der Waals surface area contributed by atoms with E-state index in [0.29, 0.717) is 13.2 Å². The second-order valence-corrected chi connectivity index (χ2v) is 5.10. The molecule has 0 aliphatic carbocycles. The van der Waals surface area contributed by atoms with Gasteiger partial charge >= 0.3 is 0 Å². The van der Waals surface area contributed by atoms with Gasteiger partial charge in [0, 0.05) is 28.7 Å². The topological polar surface area (TPSA) is 34.1 Å². The van der Waals surface area contributed by atoms with E-state index in [-0.39, 0.29) is 0 Å². The van der Waals surface area contributed by atoms with Crippen molar-refractivity contribution >= 4 is 22.9 Å². The van der Waals surface area contributed by atoms with Crippen molar-refractivity contribution < 1.29 is 4.74 Å². The minimum atomic E-state index is 0.483. The average Bonchev–Trinajstić information content (AvgIpc) is 2.88. The molecule has 18 heavy (non-hydrogen) atoms. The van der Waals surface area contributed by atoms with Crippen molar-refractivity contribution in [2.45, 2.75) is 20.1 Å². The van der Waals surface area contributed by atoms with Crippen molar-refractivity contribution in [2.24, 2.45) is 0 Å². The monoisotopic (exact) mass is 282 g/mol. The van der Waals surface area contributed by atoms with Gasteiger partial charge in [-0.05, 0) is 18.7 Å². The number of halogens is 1. The fourth-order valence-electron chi connectivity index (χ4n) is 1.56. The molecule has 2 rings (SSSR count). The molecule has 0 spiro atoms. The molecule has 1 N–H and O–H groups in total. The maximum absolute atomic E-state index is 6.19. The molecule has 0 radical (unpaired) electrons.